The summed E-state index contributed by atoms with van der Waals surface area (Å²) in [7, 11) is 1.52. The third kappa shape index (κ3) is 2.68. The van der Waals surface area contributed by atoms with Gasteiger partial charge in [0.1, 0.15) is 5.92 Å². The second-order valence-electron chi connectivity index (χ2n) is 4.21. The molecule has 1 fully saturated rings. The Morgan fingerprint density at radius 3 is 2.72 bits per heavy atom. The molecule has 96 valence electrons. The third-order valence-electron chi connectivity index (χ3n) is 2.95. The van der Waals surface area contributed by atoms with Crippen LogP contribution in [0.4, 0.5) is 0 Å². The van der Waals surface area contributed by atoms with Gasteiger partial charge in [0.2, 0.25) is 11.8 Å². The van der Waals surface area contributed by atoms with Gasteiger partial charge in [0.05, 0.1) is 19.3 Å². The van der Waals surface area contributed by atoms with Gasteiger partial charge in [0.15, 0.2) is 0 Å². The summed E-state index contributed by atoms with van der Waals surface area (Å²) in [4.78, 5) is 22.7. The number of rotatable bonds is 5. The Morgan fingerprint density at radius 1 is 1.39 bits per heavy atom. The normalized spacial score (nSPS) is 21.9. The monoisotopic (exact) mass is 248 g/mol. The van der Waals surface area contributed by atoms with E-state index in [-0.39, 0.29) is 17.9 Å². The van der Waals surface area contributed by atoms with Gasteiger partial charge in [-0.15, -0.1) is 0 Å². The SMILES string of the molecule is CNC(=O)[C@@H]1C(=O)N[C@H]1COCc1ccccc1. The van der Waals surface area contributed by atoms with Crippen LogP contribution in [-0.4, -0.2) is 31.5 Å². The molecule has 0 unspecified atom stereocenters. The van der Waals surface area contributed by atoms with E-state index in [0.29, 0.717) is 13.2 Å². The first-order valence-electron chi connectivity index (χ1n) is 5.86. The lowest BCUT2D eigenvalue weighted by molar-refractivity contribution is -0.146. The van der Waals surface area contributed by atoms with E-state index in [9.17, 15) is 9.59 Å². The number of carbonyl (C=O) groups excluding carboxylic acids is 2. The minimum atomic E-state index is -0.620. The average Bonchev–Trinajstić information content (AvgIpc) is 2.38. The molecule has 2 rings (SSSR count). The highest BCUT2D eigenvalue weighted by Gasteiger charge is 2.44. The molecule has 2 amide bonds. The zero-order valence-electron chi connectivity index (χ0n) is 10.2. The topological polar surface area (TPSA) is 67.4 Å². The first kappa shape index (κ1) is 12.6. The van der Waals surface area contributed by atoms with Gasteiger partial charge in [0, 0.05) is 7.05 Å². The summed E-state index contributed by atoms with van der Waals surface area (Å²) in [6.45, 7) is 0.826. The van der Waals surface area contributed by atoms with Crippen molar-refractivity contribution in [3.8, 4) is 0 Å². The predicted octanol–water partition coefficient (Wildman–Crippen LogP) is 0.0638. The van der Waals surface area contributed by atoms with E-state index in [0.717, 1.165) is 5.56 Å². The maximum absolute atomic E-state index is 11.4. The van der Waals surface area contributed by atoms with Crippen LogP contribution in [0.25, 0.3) is 0 Å². The van der Waals surface area contributed by atoms with Crippen molar-refractivity contribution in [3.63, 3.8) is 0 Å². The van der Waals surface area contributed by atoms with Gasteiger partial charge in [0.25, 0.3) is 0 Å². The van der Waals surface area contributed by atoms with Crippen molar-refractivity contribution in [2.24, 2.45) is 5.92 Å². The fourth-order valence-electron chi connectivity index (χ4n) is 1.92. The molecule has 1 heterocycles. The summed E-state index contributed by atoms with van der Waals surface area (Å²) in [5, 5.41) is 5.15. The smallest absolute Gasteiger partial charge is 0.235 e. The van der Waals surface area contributed by atoms with Gasteiger partial charge in [-0.1, -0.05) is 30.3 Å². The number of ether oxygens (including phenoxy) is 1. The van der Waals surface area contributed by atoms with E-state index in [4.69, 9.17) is 4.74 Å². The minimum Gasteiger partial charge on any atom is -0.375 e. The molecule has 0 bridgehead atoms. The van der Waals surface area contributed by atoms with Gasteiger partial charge < -0.3 is 15.4 Å². The maximum Gasteiger partial charge on any atom is 0.235 e. The Kier molecular flexibility index (Phi) is 3.94. The molecule has 5 heteroatoms. The fourth-order valence-corrected chi connectivity index (χ4v) is 1.92. The van der Waals surface area contributed by atoms with E-state index in [2.05, 4.69) is 10.6 Å². The molecule has 0 aliphatic carbocycles. The maximum atomic E-state index is 11.4. The molecule has 2 N–H and O–H groups in total. The number of hydrogen-bond donors (Lipinski definition) is 2. The summed E-state index contributed by atoms with van der Waals surface area (Å²) >= 11 is 0. The Labute approximate surface area is 106 Å². The molecule has 0 spiro atoms. The van der Waals surface area contributed by atoms with E-state index < -0.39 is 5.92 Å². The number of β-lactam (4-membered cyclic amide) rings is 1. The molecule has 1 saturated heterocycles. The van der Waals surface area contributed by atoms with Crippen LogP contribution in [0.1, 0.15) is 5.56 Å². The van der Waals surface area contributed by atoms with Crippen LogP contribution < -0.4 is 10.6 Å². The Balaban J connectivity index is 1.78. The van der Waals surface area contributed by atoms with E-state index >= 15 is 0 Å². The zero-order chi connectivity index (χ0) is 13.0. The number of carbonyl (C=O) groups is 2. The summed E-state index contributed by atoms with van der Waals surface area (Å²) in [5.74, 6) is -1.11. The number of benzene rings is 1. The predicted molar refractivity (Wildman–Crippen MR) is 65.6 cm³/mol. The third-order valence-corrected chi connectivity index (χ3v) is 2.95. The van der Waals surface area contributed by atoms with E-state index in [1.54, 1.807) is 0 Å². The average molecular weight is 248 g/mol. The first-order valence-corrected chi connectivity index (χ1v) is 5.86. The van der Waals surface area contributed by atoms with Crippen LogP contribution in [0, 0.1) is 5.92 Å². The van der Waals surface area contributed by atoms with Crippen LogP contribution in [0.5, 0.6) is 0 Å². The molecule has 0 aromatic heterocycles. The summed E-state index contributed by atoms with van der Waals surface area (Å²) in [6, 6.07) is 9.54. The number of hydrogen-bond acceptors (Lipinski definition) is 3. The molecule has 0 saturated carbocycles. The molecule has 0 radical (unpaired) electrons. The summed E-state index contributed by atoms with van der Waals surface area (Å²) < 4.78 is 5.50. The molecule has 18 heavy (non-hydrogen) atoms. The lowest BCUT2D eigenvalue weighted by atomic mass is 9.90. The Morgan fingerprint density at radius 2 is 2.11 bits per heavy atom. The second-order valence-corrected chi connectivity index (χ2v) is 4.21. The van der Waals surface area contributed by atoms with Crippen LogP contribution in [0.3, 0.4) is 0 Å². The highest BCUT2D eigenvalue weighted by atomic mass is 16.5. The van der Waals surface area contributed by atoms with Crippen molar-refractivity contribution >= 4 is 11.8 Å². The minimum absolute atomic E-state index is 0.221. The number of amides is 2. The molecule has 5 nitrogen and oxygen atoms in total. The lowest BCUT2D eigenvalue weighted by Crippen LogP contribution is -2.64. The number of nitrogens with one attached hydrogen (secondary N) is 2. The molecule has 1 aromatic rings. The van der Waals surface area contributed by atoms with Crippen LogP contribution in [0.15, 0.2) is 30.3 Å². The largest absolute Gasteiger partial charge is 0.375 e. The van der Waals surface area contributed by atoms with Crippen molar-refractivity contribution in [2.45, 2.75) is 12.6 Å². The van der Waals surface area contributed by atoms with Gasteiger partial charge in [-0.05, 0) is 5.56 Å². The van der Waals surface area contributed by atoms with E-state index in [1.807, 2.05) is 30.3 Å². The van der Waals surface area contributed by atoms with Crippen LogP contribution in [-0.2, 0) is 20.9 Å². The van der Waals surface area contributed by atoms with Gasteiger partial charge in [-0.2, -0.15) is 0 Å². The van der Waals surface area contributed by atoms with Gasteiger partial charge in [-0.25, -0.2) is 0 Å². The van der Waals surface area contributed by atoms with Crippen molar-refractivity contribution in [3.05, 3.63) is 35.9 Å². The standard InChI is InChI=1S/C13H16N2O3/c1-14-12(16)11-10(15-13(11)17)8-18-7-9-5-3-2-4-6-9/h2-6,10-11H,7-8H2,1H3,(H,14,16)(H,15,17)/t10-,11+/m0/s1. The highest BCUT2D eigenvalue weighted by Crippen LogP contribution is 2.16. The fraction of sp³-hybridized carbons (Fsp3) is 0.385. The molecule has 1 aliphatic rings. The van der Waals surface area contributed by atoms with Crippen LogP contribution >= 0.6 is 0 Å². The molecular weight excluding hydrogens is 232 g/mol. The molecular formula is C13H16N2O3. The van der Waals surface area contributed by atoms with Crippen molar-refractivity contribution in [1.82, 2.24) is 10.6 Å². The molecule has 1 aliphatic heterocycles. The summed E-state index contributed by atoms with van der Waals surface area (Å²) in [6.07, 6.45) is 0. The van der Waals surface area contributed by atoms with E-state index in [1.165, 1.54) is 7.05 Å². The lowest BCUT2D eigenvalue weighted by Gasteiger charge is -2.34. The Bertz CT molecular complexity index is 433. The van der Waals surface area contributed by atoms with Gasteiger partial charge in [-0.3, -0.25) is 9.59 Å². The second kappa shape index (κ2) is 5.64. The van der Waals surface area contributed by atoms with Crippen molar-refractivity contribution in [1.29, 1.82) is 0 Å². The quantitative estimate of drug-likeness (QED) is 0.572. The summed E-state index contributed by atoms with van der Waals surface area (Å²) in [5.41, 5.74) is 1.07. The van der Waals surface area contributed by atoms with Gasteiger partial charge >= 0.3 is 0 Å². The zero-order valence-corrected chi connectivity index (χ0v) is 10.2. The molecule has 1 aromatic carbocycles. The highest BCUT2D eigenvalue weighted by molar-refractivity contribution is 6.05. The van der Waals surface area contributed by atoms with Crippen LogP contribution in [0.2, 0.25) is 0 Å². The molecule has 2 atom stereocenters. The van der Waals surface area contributed by atoms with Crippen molar-refractivity contribution in [2.75, 3.05) is 13.7 Å². The first-order chi connectivity index (χ1) is 8.72. The van der Waals surface area contributed by atoms with Crippen molar-refractivity contribution < 1.29 is 14.3 Å². The Hall–Kier alpha value is -1.88.